The summed E-state index contributed by atoms with van der Waals surface area (Å²) in [5, 5.41) is 25.2. The van der Waals surface area contributed by atoms with Crippen LogP contribution in [0.4, 0.5) is 0 Å². The van der Waals surface area contributed by atoms with E-state index in [9.17, 15) is 10.2 Å². The van der Waals surface area contributed by atoms with Crippen molar-refractivity contribution in [2.24, 2.45) is 0 Å². The van der Waals surface area contributed by atoms with Crippen molar-refractivity contribution < 1.29 is 10.2 Å². The van der Waals surface area contributed by atoms with Gasteiger partial charge in [0, 0.05) is 41.9 Å². The van der Waals surface area contributed by atoms with Crippen molar-refractivity contribution in [3.8, 4) is 33.8 Å². The number of rotatable bonds is 8. The topological polar surface area (TPSA) is 43.7 Å². The van der Waals surface area contributed by atoms with Crippen LogP contribution in [0, 0.1) is 0 Å². The Kier molecular flexibility index (Phi) is 11.1. The molecule has 0 aliphatic heterocycles. The first-order valence-electron chi connectivity index (χ1n) is 20.2. The van der Waals surface area contributed by atoms with Gasteiger partial charge in [-0.1, -0.05) is 168 Å². The average Bonchev–Trinajstić information content (AvgIpc) is 3.10. The number of fused-ring (bicyclic) bond motifs is 1. The van der Waals surface area contributed by atoms with Crippen LogP contribution >= 0.6 is 0 Å². The van der Waals surface area contributed by atoms with Gasteiger partial charge in [0.25, 0.3) is 0 Å². The minimum absolute atomic E-state index is 0.184. The number of hydrogen-bond donors (Lipinski definition) is 2. The Morgan fingerprint density at radius 1 is 0.357 bits per heavy atom. The maximum absolute atomic E-state index is 11.3. The Balaban J connectivity index is 1.31. The second-order valence-corrected chi connectivity index (χ2v) is 20.1. The fourth-order valence-corrected chi connectivity index (χ4v) is 7.77. The van der Waals surface area contributed by atoms with Gasteiger partial charge < -0.3 is 10.2 Å². The van der Waals surface area contributed by atoms with Crippen LogP contribution < -0.4 is 0 Å². The second kappa shape index (κ2) is 15.2. The first-order chi connectivity index (χ1) is 26.1. The van der Waals surface area contributed by atoms with E-state index in [1.807, 2.05) is 0 Å². The minimum atomic E-state index is -0.184. The van der Waals surface area contributed by atoms with E-state index in [-0.39, 0.29) is 21.7 Å². The van der Waals surface area contributed by atoms with Crippen LogP contribution in [-0.2, 0) is 41.3 Å². The van der Waals surface area contributed by atoms with Gasteiger partial charge in [0.2, 0.25) is 0 Å². The Morgan fingerprint density at radius 2 is 0.679 bits per heavy atom. The summed E-state index contributed by atoms with van der Waals surface area (Å²) in [7, 11) is 0. The van der Waals surface area contributed by atoms with Gasteiger partial charge in [-0.2, -0.15) is 0 Å². The van der Waals surface area contributed by atoms with Gasteiger partial charge >= 0.3 is 0 Å². The first kappa shape index (κ1) is 40.8. The molecule has 0 aliphatic carbocycles. The predicted molar refractivity (Wildman–Crippen MR) is 239 cm³/mol. The molecule has 0 aromatic heterocycles. The Morgan fingerprint density at radius 3 is 1.04 bits per heavy atom. The highest BCUT2D eigenvalue weighted by molar-refractivity contribution is 5.83. The molecule has 0 saturated heterocycles. The van der Waals surface area contributed by atoms with Crippen molar-refractivity contribution in [3.63, 3.8) is 0 Å². The molecule has 0 amide bonds. The molecule has 292 valence electrons. The molecule has 0 atom stereocenters. The number of aromatic hydroxyl groups is 2. The van der Waals surface area contributed by atoms with Crippen LogP contribution in [0.2, 0.25) is 0 Å². The van der Waals surface area contributed by atoms with Gasteiger partial charge in [0.15, 0.2) is 0 Å². The van der Waals surface area contributed by atoms with Crippen LogP contribution in [-0.4, -0.2) is 15.1 Å². The van der Waals surface area contributed by atoms with E-state index < -0.39 is 0 Å². The molecule has 56 heavy (non-hydrogen) atoms. The maximum Gasteiger partial charge on any atom is 0.123 e. The molecule has 0 aliphatic rings. The first-order valence-corrected chi connectivity index (χ1v) is 20.2. The second-order valence-electron chi connectivity index (χ2n) is 20.1. The van der Waals surface area contributed by atoms with Crippen molar-refractivity contribution in [3.05, 3.63) is 154 Å². The summed E-state index contributed by atoms with van der Waals surface area (Å²) in [5.41, 5.74) is 11.6. The third-order valence-electron chi connectivity index (χ3n) is 11.1. The lowest BCUT2D eigenvalue weighted by Crippen LogP contribution is -2.22. The zero-order valence-corrected chi connectivity index (χ0v) is 35.9. The number of phenols is 2. The molecule has 0 saturated carbocycles. The molecule has 0 spiro atoms. The summed E-state index contributed by atoms with van der Waals surface area (Å²) >= 11 is 0. The van der Waals surface area contributed by atoms with Crippen molar-refractivity contribution >= 4 is 10.8 Å². The summed E-state index contributed by atoms with van der Waals surface area (Å²) in [4.78, 5) is 2.53. The maximum atomic E-state index is 11.3. The third-order valence-corrected chi connectivity index (χ3v) is 11.1. The molecule has 6 rings (SSSR count). The lowest BCUT2D eigenvalue weighted by Gasteiger charge is -2.28. The van der Waals surface area contributed by atoms with Crippen molar-refractivity contribution in [2.45, 2.75) is 124 Å². The van der Waals surface area contributed by atoms with E-state index in [0.717, 1.165) is 64.1 Å². The molecule has 0 heterocycles. The highest BCUT2D eigenvalue weighted by atomic mass is 16.3. The molecule has 0 bridgehead atoms. The molecule has 0 radical (unpaired) electrons. The van der Waals surface area contributed by atoms with Crippen LogP contribution in [0.5, 0.6) is 11.5 Å². The van der Waals surface area contributed by atoms with E-state index >= 15 is 0 Å². The van der Waals surface area contributed by atoms with Crippen molar-refractivity contribution in [1.82, 2.24) is 4.90 Å². The molecule has 0 fully saturated rings. The van der Waals surface area contributed by atoms with Gasteiger partial charge in [-0.25, -0.2) is 0 Å². The monoisotopic (exact) mass is 745 g/mol. The molecule has 3 nitrogen and oxygen atoms in total. The van der Waals surface area contributed by atoms with Gasteiger partial charge in [0.05, 0.1) is 0 Å². The highest BCUT2D eigenvalue weighted by Gasteiger charge is 2.28. The summed E-state index contributed by atoms with van der Waals surface area (Å²) in [6.07, 6.45) is 0. The summed E-state index contributed by atoms with van der Waals surface area (Å²) < 4.78 is 0. The number of phenolic OH excluding ortho intramolecular Hbond substituents is 2. The van der Waals surface area contributed by atoms with E-state index in [4.69, 9.17) is 0 Å². The molecule has 3 heteroatoms. The fourth-order valence-electron chi connectivity index (χ4n) is 7.77. The summed E-state index contributed by atoms with van der Waals surface area (Å²) in [6.45, 7) is 28.4. The summed E-state index contributed by atoms with van der Waals surface area (Å²) in [5.74, 6) is 0.824. The van der Waals surface area contributed by atoms with E-state index in [2.05, 4.69) is 203 Å². The minimum Gasteiger partial charge on any atom is -0.507 e. The highest BCUT2D eigenvalue weighted by Crippen LogP contribution is 2.43. The zero-order valence-electron chi connectivity index (χ0n) is 35.9. The van der Waals surface area contributed by atoms with E-state index in [0.29, 0.717) is 11.5 Å². The molecular weight excluding hydrogens is 683 g/mol. The predicted octanol–water partition coefficient (Wildman–Crippen LogP) is 14.0. The Bertz CT molecular complexity index is 2120. The van der Waals surface area contributed by atoms with Crippen LogP contribution in [0.1, 0.15) is 122 Å². The number of benzene rings is 6. The number of nitrogens with zero attached hydrogens (tertiary/aromatic N) is 1. The normalized spacial score (nSPS) is 12.8. The van der Waals surface area contributed by atoms with Crippen LogP contribution in [0.3, 0.4) is 0 Å². The lowest BCUT2D eigenvalue weighted by molar-refractivity contribution is 0.248. The molecule has 2 N–H and O–H groups in total. The van der Waals surface area contributed by atoms with Crippen molar-refractivity contribution in [2.75, 3.05) is 0 Å². The average molecular weight is 746 g/mol. The van der Waals surface area contributed by atoms with Gasteiger partial charge in [-0.05, 0) is 102 Å². The molecule has 0 unspecified atom stereocenters. The van der Waals surface area contributed by atoms with E-state index in [1.165, 1.54) is 27.5 Å². The number of hydrogen-bond acceptors (Lipinski definition) is 3. The van der Waals surface area contributed by atoms with Crippen molar-refractivity contribution in [1.29, 1.82) is 0 Å². The molecule has 6 aromatic rings. The van der Waals surface area contributed by atoms with Gasteiger partial charge in [0.1, 0.15) is 11.5 Å². The quantitative estimate of drug-likeness (QED) is 0.163. The molecular formula is C53H63NO2. The van der Waals surface area contributed by atoms with Gasteiger partial charge in [-0.15, -0.1) is 0 Å². The molecule has 6 aromatic carbocycles. The van der Waals surface area contributed by atoms with Gasteiger partial charge in [-0.3, -0.25) is 4.90 Å². The van der Waals surface area contributed by atoms with Crippen LogP contribution in [0.25, 0.3) is 33.0 Å². The summed E-state index contributed by atoms with van der Waals surface area (Å²) in [6, 6.07) is 42.0. The third kappa shape index (κ3) is 9.22. The SMILES string of the molecule is CC(C)(C)c1cc(-c2ccc(CN(Cc3ccc(-c4cc(C(C)(C)C)c(O)c(C(C)(C)C)c4)cc3)Cc3ccc4ccccc4c3)cc2)cc(C(C)(C)C)c1O. The van der Waals surface area contributed by atoms with Crippen LogP contribution in [0.15, 0.2) is 115 Å². The van der Waals surface area contributed by atoms with E-state index in [1.54, 1.807) is 0 Å². The largest absolute Gasteiger partial charge is 0.507 e. The zero-order chi connectivity index (χ0) is 40.8. The lowest BCUT2D eigenvalue weighted by atomic mass is 9.77. The standard InChI is InChI=1S/C53H63NO2/c1-50(2,3)44-28-42(29-45(48(44)55)51(4,5)6)39-22-17-35(18-23-39)32-54(34-37-21-26-38-15-13-14-16-41(38)27-37)33-36-19-24-40(25-20-36)43-30-46(52(7,8)9)49(56)47(31-43)53(10,11)12/h13-31,55-56H,32-34H2,1-12H3. The smallest absolute Gasteiger partial charge is 0.123 e. The Labute approximate surface area is 337 Å². The fraction of sp³-hybridized carbons (Fsp3) is 0.358. The Hall–Kier alpha value is -4.86.